The molecule has 13 heavy (non-hydrogen) atoms. The van der Waals surface area contributed by atoms with Crippen molar-refractivity contribution in [1.29, 1.82) is 0 Å². The molecule has 72 valence electrons. The first-order valence-corrected chi connectivity index (χ1v) is 4.05. The number of nitrogens with zero attached hydrogens (tertiary/aromatic N) is 1. The lowest BCUT2D eigenvalue weighted by Gasteiger charge is -2.10. The van der Waals surface area contributed by atoms with Gasteiger partial charge in [0.1, 0.15) is 0 Å². The van der Waals surface area contributed by atoms with Crippen LogP contribution in [0.15, 0.2) is 18.5 Å². The van der Waals surface area contributed by atoms with Gasteiger partial charge in [-0.1, -0.05) is 13.3 Å². The van der Waals surface area contributed by atoms with Crippen LogP contribution in [-0.4, -0.2) is 4.98 Å². The van der Waals surface area contributed by atoms with Crippen molar-refractivity contribution in [3.63, 3.8) is 0 Å². The third-order valence-corrected chi connectivity index (χ3v) is 1.74. The molecule has 0 amide bonds. The normalized spacial score (nSPS) is 11.7. The molecule has 0 saturated carbocycles. The maximum Gasteiger partial charge on any atom is 0.418 e. The lowest BCUT2D eigenvalue weighted by molar-refractivity contribution is -0.138. The van der Waals surface area contributed by atoms with Gasteiger partial charge in [-0.25, -0.2) is 0 Å². The zero-order valence-electron chi connectivity index (χ0n) is 7.23. The average molecular weight is 189 g/mol. The van der Waals surface area contributed by atoms with Gasteiger partial charge in [-0.05, 0) is 18.1 Å². The first-order chi connectivity index (χ1) is 6.05. The molecule has 0 aliphatic carbocycles. The van der Waals surface area contributed by atoms with E-state index in [0.29, 0.717) is 18.4 Å². The van der Waals surface area contributed by atoms with Crippen molar-refractivity contribution in [2.45, 2.75) is 25.9 Å². The standard InChI is InChI=1S/C9H10F3N/c1-2-3-7-4-5-13-6-8(7)9(10,11)12/h4-6H,2-3H2,1H3. The Bertz CT molecular complexity index is 280. The molecular weight excluding hydrogens is 179 g/mol. The second-order valence-electron chi connectivity index (χ2n) is 2.78. The molecule has 1 aromatic rings. The van der Waals surface area contributed by atoms with Gasteiger partial charge in [0.25, 0.3) is 0 Å². The van der Waals surface area contributed by atoms with Crippen LogP contribution in [-0.2, 0) is 12.6 Å². The summed E-state index contributed by atoms with van der Waals surface area (Å²) in [6.07, 6.45) is -0.867. The fraction of sp³-hybridized carbons (Fsp3) is 0.444. The molecule has 0 bridgehead atoms. The minimum absolute atomic E-state index is 0.324. The fourth-order valence-electron chi connectivity index (χ4n) is 1.17. The number of rotatable bonds is 2. The van der Waals surface area contributed by atoms with Crippen LogP contribution in [0.5, 0.6) is 0 Å². The maximum absolute atomic E-state index is 12.3. The number of aromatic nitrogens is 1. The molecule has 0 unspecified atom stereocenters. The van der Waals surface area contributed by atoms with E-state index in [4.69, 9.17) is 0 Å². The Morgan fingerprint density at radius 3 is 2.62 bits per heavy atom. The van der Waals surface area contributed by atoms with E-state index in [1.807, 2.05) is 6.92 Å². The third-order valence-electron chi connectivity index (χ3n) is 1.74. The Labute approximate surface area is 74.6 Å². The Balaban J connectivity index is 3.05. The minimum Gasteiger partial charge on any atom is -0.264 e. The van der Waals surface area contributed by atoms with Gasteiger partial charge < -0.3 is 0 Å². The molecule has 0 radical (unpaired) electrons. The van der Waals surface area contributed by atoms with E-state index in [9.17, 15) is 13.2 Å². The van der Waals surface area contributed by atoms with Crippen LogP contribution in [0.1, 0.15) is 24.5 Å². The van der Waals surface area contributed by atoms with Crippen molar-refractivity contribution in [1.82, 2.24) is 4.98 Å². The predicted molar refractivity (Wildman–Crippen MR) is 43.2 cm³/mol. The smallest absolute Gasteiger partial charge is 0.264 e. The van der Waals surface area contributed by atoms with E-state index >= 15 is 0 Å². The first kappa shape index (κ1) is 10.0. The van der Waals surface area contributed by atoms with Gasteiger partial charge in [-0.15, -0.1) is 0 Å². The summed E-state index contributed by atoms with van der Waals surface area (Å²) in [6.45, 7) is 1.85. The summed E-state index contributed by atoms with van der Waals surface area (Å²) in [5.74, 6) is 0. The summed E-state index contributed by atoms with van der Waals surface area (Å²) >= 11 is 0. The highest BCUT2D eigenvalue weighted by Crippen LogP contribution is 2.31. The van der Waals surface area contributed by atoms with Gasteiger partial charge in [-0.3, -0.25) is 4.98 Å². The summed E-state index contributed by atoms with van der Waals surface area (Å²) in [5, 5.41) is 0. The van der Waals surface area contributed by atoms with E-state index in [1.165, 1.54) is 12.3 Å². The summed E-state index contributed by atoms with van der Waals surface area (Å²) in [4.78, 5) is 3.47. The minimum atomic E-state index is -4.28. The van der Waals surface area contributed by atoms with Crippen molar-refractivity contribution in [3.8, 4) is 0 Å². The van der Waals surface area contributed by atoms with Crippen LogP contribution in [0.3, 0.4) is 0 Å². The fourth-order valence-corrected chi connectivity index (χ4v) is 1.17. The number of hydrogen-bond acceptors (Lipinski definition) is 1. The SMILES string of the molecule is CCCc1ccncc1C(F)(F)F. The average Bonchev–Trinajstić information content (AvgIpc) is 2.04. The van der Waals surface area contributed by atoms with Gasteiger partial charge in [0.15, 0.2) is 0 Å². The van der Waals surface area contributed by atoms with Crippen molar-refractivity contribution >= 4 is 0 Å². The van der Waals surface area contributed by atoms with Crippen molar-refractivity contribution in [2.75, 3.05) is 0 Å². The van der Waals surface area contributed by atoms with Crippen LogP contribution < -0.4 is 0 Å². The quantitative estimate of drug-likeness (QED) is 0.696. The molecule has 0 aromatic carbocycles. The number of halogens is 3. The molecule has 0 aliphatic rings. The van der Waals surface area contributed by atoms with Gasteiger partial charge in [0.05, 0.1) is 5.56 Å². The molecule has 0 fully saturated rings. The van der Waals surface area contributed by atoms with Crippen molar-refractivity contribution in [2.24, 2.45) is 0 Å². The van der Waals surface area contributed by atoms with Crippen LogP contribution >= 0.6 is 0 Å². The zero-order chi connectivity index (χ0) is 9.90. The summed E-state index contributed by atoms with van der Waals surface area (Å²) in [5.41, 5.74) is -0.290. The van der Waals surface area contributed by atoms with Crippen LogP contribution in [0.25, 0.3) is 0 Å². The van der Waals surface area contributed by atoms with E-state index in [2.05, 4.69) is 4.98 Å². The van der Waals surface area contributed by atoms with Crippen LogP contribution in [0.2, 0.25) is 0 Å². The van der Waals surface area contributed by atoms with Gasteiger partial charge in [-0.2, -0.15) is 13.2 Å². The lowest BCUT2D eigenvalue weighted by atomic mass is 10.1. The Kier molecular flexibility index (Phi) is 2.90. The number of aryl methyl sites for hydroxylation is 1. The van der Waals surface area contributed by atoms with E-state index in [-0.39, 0.29) is 0 Å². The molecule has 4 heteroatoms. The maximum atomic E-state index is 12.3. The topological polar surface area (TPSA) is 12.9 Å². The highest BCUT2D eigenvalue weighted by Gasteiger charge is 2.33. The summed E-state index contributed by atoms with van der Waals surface area (Å²) in [7, 11) is 0. The molecular formula is C9H10F3N. The van der Waals surface area contributed by atoms with E-state index in [0.717, 1.165) is 6.20 Å². The molecule has 0 atom stereocenters. The highest BCUT2D eigenvalue weighted by atomic mass is 19.4. The second kappa shape index (κ2) is 3.77. The lowest BCUT2D eigenvalue weighted by Crippen LogP contribution is -2.09. The molecule has 0 spiro atoms. The predicted octanol–water partition coefficient (Wildman–Crippen LogP) is 3.05. The van der Waals surface area contributed by atoms with Gasteiger partial charge >= 0.3 is 6.18 Å². The van der Waals surface area contributed by atoms with Crippen LogP contribution in [0, 0.1) is 0 Å². The Hall–Kier alpha value is -1.06. The van der Waals surface area contributed by atoms with Gasteiger partial charge in [0.2, 0.25) is 0 Å². The van der Waals surface area contributed by atoms with Gasteiger partial charge in [0, 0.05) is 12.4 Å². The highest BCUT2D eigenvalue weighted by molar-refractivity contribution is 5.25. The van der Waals surface area contributed by atoms with Crippen molar-refractivity contribution < 1.29 is 13.2 Å². The Morgan fingerprint density at radius 2 is 2.08 bits per heavy atom. The molecule has 1 aromatic heterocycles. The van der Waals surface area contributed by atoms with E-state index < -0.39 is 11.7 Å². The third kappa shape index (κ3) is 2.44. The first-order valence-electron chi connectivity index (χ1n) is 4.05. The number of hydrogen-bond donors (Lipinski definition) is 0. The summed E-state index contributed by atoms with van der Waals surface area (Å²) < 4.78 is 37.0. The van der Waals surface area contributed by atoms with E-state index in [1.54, 1.807) is 0 Å². The monoisotopic (exact) mass is 189 g/mol. The molecule has 1 rings (SSSR count). The summed E-state index contributed by atoms with van der Waals surface area (Å²) in [6, 6.07) is 1.42. The largest absolute Gasteiger partial charge is 0.418 e. The Morgan fingerprint density at radius 1 is 1.38 bits per heavy atom. The molecule has 0 N–H and O–H groups in total. The molecule has 0 saturated heterocycles. The van der Waals surface area contributed by atoms with Crippen LogP contribution in [0.4, 0.5) is 13.2 Å². The molecule has 0 aliphatic heterocycles. The zero-order valence-corrected chi connectivity index (χ0v) is 7.23. The second-order valence-corrected chi connectivity index (χ2v) is 2.78. The molecule has 1 heterocycles. The number of pyridine rings is 1. The molecule has 1 nitrogen and oxygen atoms in total. The van der Waals surface area contributed by atoms with Crippen molar-refractivity contribution in [3.05, 3.63) is 29.6 Å². The number of alkyl halides is 3.